The van der Waals surface area contributed by atoms with E-state index in [1.54, 1.807) is 18.2 Å². The Kier molecular flexibility index (Phi) is 7.64. The third kappa shape index (κ3) is 5.00. The number of aryl methyl sites for hydroxylation is 2. The topological polar surface area (TPSA) is 71.1 Å². The van der Waals surface area contributed by atoms with E-state index in [-0.39, 0.29) is 12.4 Å². The number of hydrogen-bond donors (Lipinski definition) is 0. The number of carbonyl (C=O) groups excluding carboxylic acids is 2. The van der Waals surface area contributed by atoms with Crippen molar-refractivity contribution >= 4 is 17.8 Å². The number of ketones is 1. The number of esters is 1. The molecule has 0 fully saturated rings. The molecule has 0 amide bonds. The van der Waals surface area contributed by atoms with E-state index in [0.717, 1.165) is 22.3 Å². The summed E-state index contributed by atoms with van der Waals surface area (Å²) in [5.74, 6) is 0.578. The summed E-state index contributed by atoms with van der Waals surface area (Å²) in [4.78, 5) is 24.8. The van der Waals surface area contributed by atoms with Crippen LogP contribution in [0.25, 0.3) is 6.08 Å². The van der Waals surface area contributed by atoms with Gasteiger partial charge >= 0.3 is 5.97 Å². The number of rotatable bonds is 8. The van der Waals surface area contributed by atoms with Crippen molar-refractivity contribution in [1.82, 2.24) is 0 Å². The van der Waals surface area contributed by atoms with E-state index in [1.165, 1.54) is 27.4 Å². The maximum Gasteiger partial charge on any atom is 0.331 e. The summed E-state index contributed by atoms with van der Waals surface area (Å²) in [5.41, 5.74) is 5.17. The molecule has 0 aliphatic rings. The van der Waals surface area contributed by atoms with Gasteiger partial charge in [0.05, 0.1) is 21.3 Å². The Morgan fingerprint density at radius 1 is 0.833 bits per heavy atom. The molecule has 160 valence electrons. The van der Waals surface area contributed by atoms with Crippen LogP contribution in [0.15, 0.2) is 24.3 Å². The number of ether oxygens (including phenoxy) is 4. The predicted octanol–water partition coefficient (Wildman–Crippen LogP) is 4.39. The predicted molar refractivity (Wildman–Crippen MR) is 116 cm³/mol. The van der Waals surface area contributed by atoms with Crippen LogP contribution in [0.1, 0.15) is 38.2 Å². The summed E-state index contributed by atoms with van der Waals surface area (Å²) in [6.07, 6.45) is 2.82. The Morgan fingerprint density at radius 3 is 1.83 bits per heavy atom. The molecule has 0 bridgehead atoms. The van der Waals surface area contributed by atoms with E-state index >= 15 is 0 Å². The molecule has 2 aromatic carbocycles. The lowest BCUT2D eigenvalue weighted by Crippen LogP contribution is -2.16. The fraction of sp³-hybridized carbons (Fsp3) is 0.333. The van der Waals surface area contributed by atoms with Gasteiger partial charge in [0.25, 0.3) is 0 Å². The van der Waals surface area contributed by atoms with Crippen LogP contribution in [-0.4, -0.2) is 39.7 Å². The monoisotopic (exact) mass is 412 g/mol. The quantitative estimate of drug-likeness (QED) is 0.364. The molecular formula is C24H28O6. The molecular weight excluding hydrogens is 384 g/mol. The van der Waals surface area contributed by atoms with Crippen molar-refractivity contribution in [3.05, 3.63) is 57.7 Å². The number of benzene rings is 2. The van der Waals surface area contributed by atoms with Crippen LogP contribution in [0.4, 0.5) is 0 Å². The molecule has 0 unspecified atom stereocenters. The molecule has 2 rings (SSSR count). The number of Topliss-reactive ketones (excluding diaryl/α,β-unsaturated/α-hetero) is 1. The summed E-state index contributed by atoms with van der Waals surface area (Å²) < 4.78 is 21.0. The number of hydrogen-bond acceptors (Lipinski definition) is 6. The average molecular weight is 412 g/mol. The average Bonchev–Trinajstić information content (AvgIpc) is 2.74. The molecule has 0 aromatic heterocycles. The van der Waals surface area contributed by atoms with Crippen LogP contribution in [0, 0.1) is 27.7 Å². The molecule has 0 saturated carbocycles. The molecule has 6 nitrogen and oxygen atoms in total. The first kappa shape index (κ1) is 23.0. The summed E-state index contributed by atoms with van der Waals surface area (Å²) >= 11 is 0. The first-order valence-corrected chi connectivity index (χ1v) is 9.48. The van der Waals surface area contributed by atoms with E-state index in [4.69, 9.17) is 18.9 Å². The van der Waals surface area contributed by atoms with Crippen LogP contribution in [-0.2, 0) is 9.53 Å². The van der Waals surface area contributed by atoms with Crippen molar-refractivity contribution in [2.75, 3.05) is 27.9 Å². The zero-order valence-electron chi connectivity index (χ0n) is 18.5. The van der Waals surface area contributed by atoms with Crippen molar-refractivity contribution in [3.8, 4) is 17.2 Å². The molecule has 6 heteroatoms. The normalized spacial score (nSPS) is 10.8. The van der Waals surface area contributed by atoms with E-state index in [9.17, 15) is 9.59 Å². The first-order chi connectivity index (χ1) is 14.2. The number of carbonyl (C=O) groups is 2. The molecule has 0 aliphatic heterocycles. The van der Waals surface area contributed by atoms with Gasteiger partial charge in [-0.05, 0) is 73.7 Å². The zero-order chi connectivity index (χ0) is 22.4. The molecule has 0 spiro atoms. The molecule has 0 saturated heterocycles. The van der Waals surface area contributed by atoms with Crippen molar-refractivity contribution in [2.24, 2.45) is 0 Å². The molecule has 30 heavy (non-hydrogen) atoms. The third-order valence-corrected chi connectivity index (χ3v) is 5.09. The second kappa shape index (κ2) is 9.96. The Balaban J connectivity index is 2.12. The highest BCUT2D eigenvalue weighted by Crippen LogP contribution is 2.38. The highest BCUT2D eigenvalue weighted by Gasteiger charge is 2.17. The third-order valence-electron chi connectivity index (χ3n) is 5.09. The van der Waals surface area contributed by atoms with Gasteiger partial charge in [-0.25, -0.2) is 4.79 Å². The zero-order valence-corrected chi connectivity index (χ0v) is 18.5. The lowest BCUT2D eigenvalue weighted by atomic mass is 9.92. The van der Waals surface area contributed by atoms with Gasteiger partial charge in [-0.15, -0.1) is 0 Å². The Morgan fingerprint density at radius 2 is 1.37 bits per heavy atom. The van der Waals surface area contributed by atoms with Crippen molar-refractivity contribution in [1.29, 1.82) is 0 Å². The van der Waals surface area contributed by atoms with Gasteiger partial charge < -0.3 is 18.9 Å². The van der Waals surface area contributed by atoms with E-state index in [0.29, 0.717) is 28.4 Å². The number of methoxy groups -OCH3 is 3. The van der Waals surface area contributed by atoms with Crippen molar-refractivity contribution in [3.63, 3.8) is 0 Å². The van der Waals surface area contributed by atoms with Gasteiger partial charge in [-0.3, -0.25) is 4.79 Å². The van der Waals surface area contributed by atoms with Crippen LogP contribution < -0.4 is 14.2 Å². The van der Waals surface area contributed by atoms with Gasteiger partial charge in [0, 0.05) is 11.6 Å². The fourth-order valence-electron chi connectivity index (χ4n) is 3.25. The van der Waals surface area contributed by atoms with Crippen LogP contribution in [0.2, 0.25) is 0 Å². The van der Waals surface area contributed by atoms with Crippen molar-refractivity contribution < 1.29 is 28.5 Å². The highest BCUT2D eigenvalue weighted by molar-refractivity contribution is 6.01. The summed E-state index contributed by atoms with van der Waals surface area (Å²) in [6.45, 7) is 7.42. The summed E-state index contributed by atoms with van der Waals surface area (Å²) in [6, 6.07) is 5.46. The molecule has 0 atom stereocenters. The SMILES string of the molecule is COc1cc(/C=C/C(=O)OCC(=O)c2c(C)c(C)cc(C)c2C)cc(OC)c1OC. The molecule has 0 heterocycles. The standard InChI is InChI=1S/C24H28O6/c1-14-10-15(2)17(4)23(16(14)3)19(25)13-30-22(26)9-8-18-11-20(27-5)24(29-7)21(12-18)28-6/h8-12H,13H2,1-7H3/b9-8+. The van der Waals surface area contributed by atoms with Gasteiger partial charge in [0.2, 0.25) is 11.5 Å². The van der Waals surface area contributed by atoms with Crippen molar-refractivity contribution in [2.45, 2.75) is 27.7 Å². The van der Waals surface area contributed by atoms with Crippen LogP contribution >= 0.6 is 0 Å². The Labute approximate surface area is 177 Å². The van der Waals surface area contributed by atoms with Gasteiger partial charge in [-0.2, -0.15) is 0 Å². The Hall–Kier alpha value is -3.28. The minimum Gasteiger partial charge on any atom is -0.493 e. The van der Waals surface area contributed by atoms with E-state index < -0.39 is 5.97 Å². The smallest absolute Gasteiger partial charge is 0.331 e. The first-order valence-electron chi connectivity index (χ1n) is 9.48. The maximum absolute atomic E-state index is 12.7. The Bertz CT molecular complexity index is 936. The lowest BCUT2D eigenvalue weighted by molar-refractivity contribution is -0.136. The molecule has 0 N–H and O–H groups in total. The second-order valence-electron chi connectivity index (χ2n) is 6.96. The molecule has 2 aromatic rings. The largest absolute Gasteiger partial charge is 0.493 e. The maximum atomic E-state index is 12.7. The minimum atomic E-state index is -0.614. The van der Waals surface area contributed by atoms with Gasteiger partial charge in [-0.1, -0.05) is 6.07 Å². The molecule has 0 aliphatic carbocycles. The van der Waals surface area contributed by atoms with Crippen LogP contribution in [0.5, 0.6) is 17.2 Å². The van der Waals surface area contributed by atoms with E-state index in [2.05, 4.69) is 0 Å². The van der Waals surface area contributed by atoms with Gasteiger partial charge in [0.1, 0.15) is 0 Å². The molecule has 0 radical (unpaired) electrons. The lowest BCUT2D eigenvalue weighted by Gasteiger charge is -2.14. The van der Waals surface area contributed by atoms with E-state index in [1.807, 2.05) is 33.8 Å². The van der Waals surface area contributed by atoms with Crippen LogP contribution in [0.3, 0.4) is 0 Å². The second-order valence-corrected chi connectivity index (χ2v) is 6.96. The summed E-state index contributed by atoms with van der Waals surface area (Å²) in [5, 5.41) is 0. The van der Waals surface area contributed by atoms with Gasteiger partial charge in [0.15, 0.2) is 18.1 Å². The minimum absolute atomic E-state index is 0.216. The fourth-order valence-corrected chi connectivity index (χ4v) is 3.25. The summed E-state index contributed by atoms with van der Waals surface area (Å²) in [7, 11) is 4.55. The highest BCUT2D eigenvalue weighted by atomic mass is 16.5.